The summed E-state index contributed by atoms with van der Waals surface area (Å²) in [7, 11) is 0. The Bertz CT molecular complexity index is 998. The van der Waals surface area contributed by atoms with E-state index in [0.717, 1.165) is 32.2 Å². The summed E-state index contributed by atoms with van der Waals surface area (Å²) in [6.45, 7) is 2.21. The van der Waals surface area contributed by atoms with Gasteiger partial charge in [-0.2, -0.15) is 0 Å². The second kappa shape index (κ2) is 5.56. The van der Waals surface area contributed by atoms with Gasteiger partial charge in [-0.25, -0.2) is 4.79 Å². The average molecular weight is 321 g/mol. The van der Waals surface area contributed by atoms with Gasteiger partial charge in [0.2, 0.25) is 0 Å². The van der Waals surface area contributed by atoms with Crippen molar-refractivity contribution in [3.63, 3.8) is 0 Å². The number of fused-ring (bicyclic) bond motifs is 3. The molecule has 4 heteroatoms. The number of ether oxygens (including phenoxy) is 1. The number of carbonyl (C=O) groups is 1. The third-order valence-corrected chi connectivity index (χ3v) is 4.94. The maximum absolute atomic E-state index is 12.0. The van der Waals surface area contributed by atoms with Gasteiger partial charge in [-0.15, -0.1) is 11.3 Å². The van der Waals surface area contributed by atoms with E-state index in [-0.39, 0.29) is 5.97 Å². The molecule has 0 fully saturated rings. The van der Waals surface area contributed by atoms with Crippen LogP contribution in [0.1, 0.15) is 16.6 Å². The molecule has 0 spiro atoms. The summed E-state index contributed by atoms with van der Waals surface area (Å²) >= 11 is 1.48. The standard InChI is InChI=1S/C19H15NO2S/c1-2-22-19(21)18-11-14-13-10-16(12-6-4-3-5-7-12)20-15(13)8-9-17(14)23-18/h3-11,20H,2H2,1H3. The molecule has 0 unspecified atom stereocenters. The van der Waals surface area contributed by atoms with Gasteiger partial charge in [-0.3, -0.25) is 0 Å². The molecule has 23 heavy (non-hydrogen) atoms. The molecule has 2 heterocycles. The predicted octanol–water partition coefficient (Wildman–Crippen LogP) is 5.23. The van der Waals surface area contributed by atoms with Crippen LogP contribution < -0.4 is 0 Å². The number of esters is 1. The van der Waals surface area contributed by atoms with Crippen LogP contribution in [0.15, 0.2) is 54.6 Å². The minimum atomic E-state index is -0.249. The lowest BCUT2D eigenvalue weighted by Crippen LogP contribution is -2.01. The number of carbonyl (C=O) groups excluding carboxylic acids is 1. The zero-order valence-electron chi connectivity index (χ0n) is 12.6. The topological polar surface area (TPSA) is 42.1 Å². The molecule has 0 saturated heterocycles. The molecule has 4 rings (SSSR count). The van der Waals surface area contributed by atoms with E-state index in [1.54, 1.807) is 0 Å². The monoisotopic (exact) mass is 321 g/mol. The first-order valence-electron chi connectivity index (χ1n) is 7.54. The fourth-order valence-corrected chi connectivity index (χ4v) is 3.77. The Hall–Kier alpha value is -2.59. The number of aromatic amines is 1. The predicted molar refractivity (Wildman–Crippen MR) is 95.1 cm³/mol. The average Bonchev–Trinajstić information content (AvgIpc) is 3.19. The van der Waals surface area contributed by atoms with Crippen LogP contribution in [0.2, 0.25) is 0 Å². The van der Waals surface area contributed by atoms with Crippen molar-refractivity contribution in [3.8, 4) is 11.3 Å². The first-order valence-corrected chi connectivity index (χ1v) is 8.35. The summed E-state index contributed by atoms with van der Waals surface area (Å²) in [6.07, 6.45) is 0. The SMILES string of the molecule is CCOC(=O)c1cc2c(ccc3[nH]c(-c4ccccc4)cc32)s1. The lowest BCUT2D eigenvalue weighted by Gasteiger charge is -1.95. The van der Waals surface area contributed by atoms with Crippen LogP contribution in [0.25, 0.3) is 32.2 Å². The molecule has 4 aromatic rings. The van der Waals surface area contributed by atoms with Gasteiger partial charge in [-0.05, 0) is 36.8 Å². The van der Waals surface area contributed by atoms with Gasteiger partial charge in [0.25, 0.3) is 0 Å². The summed E-state index contributed by atoms with van der Waals surface area (Å²) in [6, 6.07) is 18.4. The zero-order chi connectivity index (χ0) is 15.8. The van der Waals surface area contributed by atoms with Crippen LogP contribution in [0.5, 0.6) is 0 Å². The van der Waals surface area contributed by atoms with Crippen molar-refractivity contribution >= 4 is 38.3 Å². The number of thiophene rings is 1. The lowest BCUT2D eigenvalue weighted by atomic mass is 10.1. The van der Waals surface area contributed by atoms with Crippen LogP contribution in [-0.4, -0.2) is 17.6 Å². The fourth-order valence-electron chi connectivity index (χ4n) is 2.80. The summed E-state index contributed by atoms with van der Waals surface area (Å²) in [4.78, 5) is 16.1. The summed E-state index contributed by atoms with van der Waals surface area (Å²) < 4.78 is 6.20. The number of rotatable bonds is 3. The van der Waals surface area contributed by atoms with Gasteiger partial charge in [0.05, 0.1) is 6.61 Å². The molecule has 0 aliphatic rings. The van der Waals surface area contributed by atoms with Crippen LogP contribution in [-0.2, 0) is 4.74 Å². The summed E-state index contributed by atoms with van der Waals surface area (Å²) in [5, 5.41) is 2.22. The number of hydrogen-bond donors (Lipinski definition) is 1. The highest BCUT2D eigenvalue weighted by molar-refractivity contribution is 7.20. The number of aromatic nitrogens is 1. The highest BCUT2D eigenvalue weighted by Crippen LogP contribution is 2.34. The van der Waals surface area contributed by atoms with Gasteiger partial charge >= 0.3 is 5.97 Å². The Morgan fingerprint density at radius 3 is 2.70 bits per heavy atom. The lowest BCUT2D eigenvalue weighted by molar-refractivity contribution is 0.0532. The Kier molecular flexibility index (Phi) is 3.39. The number of nitrogens with one attached hydrogen (secondary N) is 1. The smallest absolute Gasteiger partial charge is 0.348 e. The second-order valence-corrected chi connectivity index (χ2v) is 6.40. The first kappa shape index (κ1) is 14.0. The number of hydrogen-bond acceptors (Lipinski definition) is 3. The van der Waals surface area contributed by atoms with E-state index < -0.39 is 0 Å². The third kappa shape index (κ3) is 2.41. The van der Waals surface area contributed by atoms with Crippen molar-refractivity contribution in [2.45, 2.75) is 6.92 Å². The molecule has 2 aromatic heterocycles. The van der Waals surface area contributed by atoms with E-state index >= 15 is 0 Å². The van der Waals surface area contributed by atoms with Gasteiger partial charge in [0.15, 0.2) is 0 Å². The molecule has 0 radical (unpaired) electrons. The maximum atomic E-state index is 12.0. The zero-order valence-corrected chi connectivity index (χ0v) is 13.4. The molecule has 0 saturated carbocycles. The van der Waals surface area contributed by atoms with Crippen LogP contribution >= 0.6 is 11.3 Å². The minimum Gasteiger partial charge on any atom is -0.462 e. The maximum Gasteiger partial charge on any atom is 0.348 e. The molecule has 114 valence electrons. The van der Waals surface area contributed by atoms with Crippen LogP contribution in [0.4, 0.5) is 0 Å². The van der Waals surface area contributed by atoms with Gasteiger partial charge in [-0.1, -0.05) is 30.3 Å². The van der Waals surface area contributed by atoms with Crippen molar-refractivity contribution in [2.24, 2.45) is 0 Å². The molecule has 0 atom stereocenters. The molecular weight excluding hydrogens is 306 g/mol. The molecule has 0 amide bonds. The first-order chi connectivity index (χ1) is 11.3. The highest BCUT2D eigenvalue weighted by atomic mass is 32.1. The molecule has 2 aromatic carbocycles. The Morgan fingerprint density at radius 1 is 1.09 bits per heavy atom. The normalized spacial score (nSPS) is 11.2. The van der Waals surface area contributed by atoms with Gasteiger partial charge in [0, 0.05) is 26.7 Å². The van der Waals surface area contributed by atoms with E-state index in [0.29, 0.717) is 11.5 Å². The van der Waals surface area contributed by atoms with E-state index in [4.69, 9.17) is 4.74 Å². The van der Waals surface area contributed by atoms with Crippen LogP contribution in [0, 0.1) is 0 Å². The number of H-pyrrole nitrogens is 1. The molecule has 0 aliphatic heterocycles. The van der Waals surface area contributed by atoms with E-state index in [9.17, 15) is 4.79 Å². The fraction of sp³-hybridized carbons (Fsp3) is 0.105. The molecule has 3 nitrogen and oxygen atoms in total. The molecule has 0 bridgehead atoms. The molecule has 1 N–H and O–H groups in total. The second-order valence-electron chi connectivity index (χ2n) is 5.32. The van der Waals surface area contributed by atoms with E-state index in [2.05, 4.69) is 35.3 Å². The van der Waals surface area contributed by atoms with Crippen molar-refractivity contribution < 1.29 is 9.53 Å². The molecular formula is C19H15NO2S. The van der Waals surface area contributed by atoms with E-state index in [1.807, 2.05) is 31.2 Å². The summed E-state index contributed by atoms with van der Waals surface area (Å²) in [5.41, 5.74) is 3.30. The highest BCUT2D eigenvalue weighted by Gasteiger charge is 2.14. The molecule has 0 aliphatic carbocycles. The van der Waals surface area contributed by atoms with Gasteiger partial charge < -0.3 is 9.72 Å². The third-order valence-electron chi connectivity index (χ3n) is 3.86. The van der Waals surface area contributed by atoms with E-state index in [1.165, 1.54) is 11.3 Å². The Labute approximate surface area is 137 Å². The largest absolute Gasteiger partial charge is 0.462 e. The van der Waals surface area contributed by atoms with Crippen molar-refractivity contribution in [1.29, 1.82) is 0 Å². The van der Waals surface area contributed by atoms with Crippen molar-refractivity contribution in [3.05, 3.63) is 59.5 Å². The Balaban J connectivity index is 1.88. The minimum absolute atomic E-state index is 0.249. The Morgan fingerprint density at radius 2 is 1.91 bits per heavy atom. The number of benzene rings is 2. The quantitative estimate of drug-likeness (QED) is 0.525. The summed E-state index contributed by atoms with van der Waals surface area (Å²) in [5.74, 6) is -0.249. The van der Waals surface area contributed by atoms with Crippen molar-refractivity contribution in [2.75, 3.05) is 6.61 Å². The van der Waals surface area contributed by atoms with Gasteiger partial charge in [0.1, 0.15) is 4.88 Å². The van der Waals surface area contributed by atoms with Crippen LogP contribution in [0.3, 0.4) is 0 Å². The van der Waals surface area contributed by atoms with Crippen molar-refractivity contribution in [1.82, 2.24) is 4.98 Å².